The Morgan fingerprint density at radius 2 is 2.04 bits per heavy atom. The number of pyridine rings is 1. The Kier molecular flexibility index (Phi) is 6.11. The van der Waals surface area contributed by atoms with Gasteiger partial charge in [0.15, 0.2) is 0 Å². The van der Waals surface area contributed by atoms with Gasteiger partial charge in [-0.2, -0.15) is 0 Å². The second-order valence-corrected chi connectivity index (χ2v) is 6.14. The Bertz CT molecular complexity index is 939. The Morgan fingerprint density at radius 3 is 2.71 bits per heavy atom. The molecule has 0 unspecified atom stereocenters. The number of benzene rings is 1. The van der Waals surface area contributed by atoms with Crippen molar-refractivity contribution >= 4 is 11.4 Å². The lowest BCUT2D eigenvalue weighted by Gasteiger charge is -2.27. The van der Waals surface area contributed by atoms with Crippen molar-refractivity contribution in [2.75, 3.05) is 21.3 Å². The van der Waals surface area contributed by atoms with Crippen molar-refractivity contribution in [1.82, 2.24) is 15.2 Å². The molecule has 0 amide bonds. The zero-order valence-electron chi connectivity index (χ0n) is 16.3. The molecule has 1 aromatic heterocycles. The minimum absolute atomic E-state index is 0. The van der Waals surface area contributed by atoms with E-state index in [1.807, 2.05) is 60.6 Å². The maximum atomic E-state index is 5.57. The van der Waals surface area contributed by atoms with E-state index >= 15 is 0 Å². The van der Waals surface area contributed by atoms with E-state index in [4.69, 9.17) is 9.47 Å². The molecule has 2 heterocycles. The van der Waals surface area contributed by atoms with Crippen LogP contribution in [-0.2, 0) is 6.54 Å². The van der Waals surface area contributed by atoms with Gasteiger partial charge >= 0.3 is 0 Å². The van der Waals surface area contributed by atoms with Crippen LogP contribution in [0, 0.1) is 0 Å². The second kappa shape index (κ2) is 8.90. The Hall–Kier alpha value is -3.54. The molecule has 3 rings (SSSR count). The van der Waals surface area contributed by atoms with E-state index in [1.54, 1.807) is 26.6 Å². The molecule has 1 aromatic carbocycles. The van der Waals surface area contributed by atoms with Crippen molar-refractivity contribution in [3.05, 3.63) is 84.6 Å². The summed E-state index contributed by atoms with van der Waals surface area (Å²) in [6.07, 6.45) is 9.26. The average molecular weight is 378 g/mol. The van der Waals surface area contributed by atoms with Gasteiger partial charge in [0, 0.05) is 44.3 Å². The molecule has 0 bridgehead atoms. The number of hydrogen-bond acceptors (Lipinski definition) is 5. The third-order valence-electron chi connectivity index (χ3n) is 4.39. The number of nitrogens with zero attached hydrogens (tertiary/aromatic N) is 3. The normalized spacial score (nSPS) is 16.5. The highest BCUT2D eigenvalue weighted by Crippen LogP contribution is 2.33. The van der Waals surface area contributed by atoms with Gasteiger partial charge in [0.25, 0.3) is 0 Å². The molecule has 1 aliphatic heterocycles. The van der Waals surface area contributed by atoms with E-state index in [9.17, 15) is 0 Å². The van der Waals surface area contributed by atoms with Crippen LogP contribution in [-0.4, -0.2) is 37.0 Å². The summed E-state index contributed by atoms with van der Waals surface area (Å²) in [5.41, 5.74) is 2.92. The summed E-state index contributed by atoms with van der Waals surface area (Å²) in [5.74, 6) is 3.09. The lowest BCUT2D eigenvalue weighted by molar-refractivity contribution is 0.393. The number of amidine groups is 1. The number of nitrogens with one attached hydrogen (secondary N) is 1. The molecule has 6 nitrogen and oxygen atoms in total. The number of aliphatic imine (C=N–C) groups is 1. The van der Waals surface area contributed by atoms with Crippen molar-refractivity contribution in [2.24, 2.45) is 4.99 Å². The first-order valence-corrected chi connectivity index (χ1v) is 8.86. The monoisotopic (exact) mass is 378 g/mol. The fraction of sp³-hybridized carbons (Fsp3) is 0.182. The molecule has 6 heteroatoms. The van der Waals surface area contributed by atoms with E-state index in [2.05, 4.69) is 21.9 Å². The summed E-state index contributed by atoms with van der Waals surface area (Å²) in [4.78, 5) is 10.7. The Balaban J connectivity index is 0.00000300. The van der Waals surface area contributed by atoms with Crippen LogP contribution in [0.5, 0.6) is 11.5 Å². The van der Waals surface area contributed by atoms with E-state index in [1.165, 1.54) is 0 Å². The molecular formula is C22H26N4O2. The average Bonchev–Trinajstić information content (AvgIpc) is 2.75. The standard InChI is InChI=1S/C22H24N4O2.H2/c1-5-18(19-7-6-17(27-3)14-20(19)28-4)22-25-21(10-13-26(22)2)24-15-16-8-11-23-12-9-16;/h5-14H,1,15H2,2-4H3,(H,24,25);1H/b22-18+;. The van der Waals surface area contributed by atoms with Crippen molar-refractivity contribution in [2.45, 2.75) is 6.54 Å². The van der Waals surface area contributed by atoms with E-state index < -0.39 is 0 Å². The van der Waals surface area contributed by atoms with Gasteiger partial charge in [-0.15, -0.1) is 0 Å². The number of rotatable bonds is 6. The second-order valence-electron chi connectivity index (χ2n) is 6.14. The number of ether oxygens (including phenoxy) is 2. The molecule has 0 atom stereocenters. The summed E-state index contributed by atoms with van der Waals surface area (Å²) in [7, 11) is 5.25. The number of methoxy groups -OCH3 is 2. The van der Waals surface area contributed by atoms with Crippen LogP contribution in [0.2, 0.25) is 0 Å². The van der Waals surface area contributed by atoms with E-state index in [0.717, 1.165) is 34.1 Å². The van der Waals surface area contributed by atoms with Gasteiger partial charge in [-0.25, -0.2) is 0 Å². The van der Waals surface area contributed by atoms with Crippen molar-refractivity contribution < 1.29 is 10.9 Å². The summed E-state index contributed by atoms with van der Waals surface area (Å²) >= 11 is 0. The van der Waals surface area contributed by atoms with Gasteiger partial charge in [0.2, 0.25) is 0 Å². The minimum atomic E-state index is 0. The highest BCUT2D eigenvalue weighted by molar-refractivity contribution is 5.97. The molecule has 1 N–H and O–H groups in total. The highest BCUT2D eigenvalue weighted by atomic mass is 16.5. The quantitative estimate of drug-likeness (QED) is 0.827. The molecule has 0 fully saturated rings. The third-order valence-corrected chi connectivity index (χ3v) is 4.39. The summed E-state index contributed by atoms with van der Waals surface area (Å²) in [5, 5.41) is 3.40. The predicted octanol–water partition coefficient (Wildman–Crippen LogP) is 3.85. The first-order chi connectivity index (χ1) is 13.7. The van der Waals surface area contributed by atoms with Gasteiger partial charge < -0.3 is 19.7 Å². The van der Waals surface area contributed by atoms with Crippen molar-refractivity contribution in [3.8, 4) is 11.5 Å². The number of hydrogen-bond donors (Lipinski definition) is 1. The van der Waals surface area contributed by atoms with Gasteiger partial charge in [-0.3, -0.25) is 9.98 Å². The van der Waals surface area contributed by atoms with Gasteiger partial charge in [0.05, 0.1) is 20.8 Å². The number of aromatic nitrogens is 1. The van der Waals surface area contributed by atoms with Crippen LogP contribution in [0.1, 0.15) is 12.6 Å². The van der Waals surface area contributed by atoms with Crippen LogP contribution in [0.4, 0.5) is 0 Å². The molecule has 1 aliphatic rings. The Labute approximate surface area is 167 Å². The number of allylic oxidation sites excluding steroid dienone is 2. The molecule has 0 aliphatic carbocycles. The summed E-state index contributed by atoms with van der Waals surface area (Å²) < 4.78 is 10.9. The maximum absolute atomic E-state index is 5.57. The van der Waals surface area contributed by atoms with E-state index in [0.29, 0.717) is 12.3 Å². The van der Waals surface area contributed by atoms with Gasteiger partial charge in [-0.1, -0.05) is 12.7 Å². The fourth-order valence-corrected chi connectivity index (χ4v) is 2.88. The molecular weight excluding hydrogens is 352 g/mol. The molecule has 0 spiro atoms. The van der Waals surface area contributed by atoms with E-state index in [-0.39, 0.29) is 1.43 Å². The predicted molar refractivity (Wildman–Crippen MR) is 114 cm³/mol. The van der Waals surface area contributed by atoms with Crippen LogP contribution in [0.15, 0.2) is 78.5 Å². The Morgan fingerprint density at radius 1 is 1.25 bits per heavy atom. The molecule has 2 aromatic rings. The molecule has 146 valence electrons. The molecule has 0 saturated carbocycles. The smallest absolute Gasteiger partial charge is 0.130 e. The SMILES string of the molecule is C=C/C(=C1/NC(=NCc2ccncc2)C=CN1C)c1ccc(OC)cc1OC.[HH]. The topological polar surface area (TPSA) is 59.0 Å². The molecule has 28 heavy (non-hydrogen) atoms. The van der Waals surface area contributed by atoms with Crippen molar-refractivity contribution in [3.63, 3.8) is 0 Å². The lowest BCUT2D eigenvalue weighted by Crippen LogP contribution is -2.34. The fourth-order valence-electron chi connectivity index (χ4n) is 2.88. The van der Waals surface area contributed by atoms with Crippen LogP contribution in [0.25, 0.3) is 5.57 Å². The maximum Gasteiger partial charge on any atom is 0.130 e. The largest absolute Gasteiger partial charge is 0.497 e. The lowest BCUT2D eigenvalue weighted by atomic mass is 10.0. The first kappa shape index (κ1) is 19.2. The molecule has 0 saturated heterocycles. The zero-order valence-corrected chi connectivity index (χ0v) is 16.3. The van der Waals surface area contributed by atoms with Gasteiger partial charge in [-0.05, 0) is 35.9 Å². The van der Waals surface area contributed by atoms with Crippen LogP contribution < -0.4 is 14.8 Å². The van der Waals surface area contributed by atoms with Crippen LogP contribution in [0.3, 0.4) is 0 Å². The first-order valence-electron chi connectivity index (χ1n) is 8.86. The summed E-state index contributed by atoms with van der Waals surface area (Å²) in [6.45, 7) is 4.57. The molecule has 0 radical (unpaired) electrons. The minimum Gasteiger partial charge on any atom is -0.497 e. The highest BCUT2D eigenvalue weighted by Gasteiger charge is 2.18. The summed E-state index contributed by atoms with van der Waals surface area (Å²) in [6, 6.07) is 9.63. The van der Waals surface area contributed by atoms with Crippen molar-refractivity contribution in [1.29, 1.82) is 0 Å². The van der Waals surface area contributed by atoms with Gasteiger partial charge in [0.1, 0.15) is 23.2 Å². The third kappa shape index (κ3) is 4.23. The van der Waals surface area contributed by atoms with Crippen LogP contribution >= 0.6 is 0 Å². The zero-order chi connectivity index (χ0) is 19.9.